The molecular formula is C21H40O6. The Balaban J connectivity index is 3.05. The summed E-state index contributed by atoms with van der Waals surface area (Å²) >= 11 is 0. The van der Waals surface area contributed by atoms with Crippen molar-refractivity contribution in [3.63, 3.8) is 0 Å². The Bertz CT molecular complexity index is 314. The molecule has 0 saturated carbocycles. The molecule has 0 radical (unpaired) electrons. The van der Waals surface area contributed by atoms with E-state index in [-0.39, 0.29) is 0 Å². The van der Waals surface area contributed by atoms with Crippen molar-refractivity contribution in [1.29, 1.82) is 0 Å². The van der Waals surface area contributed by atoms with Gasteiger partial charge in [-0.25, -0.2) is 9.59 Å². The van der Waals surface area contributed by atoms with Crippen molar-refractivity contribution in [2.24, 2.45) is 0 Å². The van der Waals surface area contributed by atoms with Crippen LogP contribution in [0.25, 0.3) is 0 Å². The maximum Gasteiger partial charge on any atom is 0.342 e. The molecule has 6 nitrogen and oxygen atoms in total. The van der Waals surface area contributed by atoms with Gasteiger partial charge in [0, 0.05) is 12.8 Å². The standard InChI is InChI=1S/C21H40O6/c22-20(26-24)18-16-14-12-10-8-6-4-2-1-3-5-7-9-11-13-15-17-19-21(23)27-25/h24-25H,1-19H2. The number of unbranched alkanes of at least 4 members (excludes halogenated alkanes) is 16. The molecule has 2 N–H and O–H groups in total. The summed E-state index contributed by atoms with van der Waals surface area (Å²) in [7, 11) is 0. The van der Waals surface area contributed by atoms with E-state index in [1.54, 1.807) is 0 Å². The van der Waals surface area contributed by atoms with Gasteiger partial charge in [0.25, 0.3) is 0 Å². The predicted molar refractivity (Wildman–Crippen MR) is 105 cm³/mol. The van der Waals surface area contributed by atoms with Crippen LogP contribution in [0.4, 0.5) is 0 Å². The van der Waals surface area contributed by atoms with Gasteiger partial charge in [0.05, 0.1) is 0 Å². The van der Waals surface area contributed by atoms with Gasteiger partial charge in [-0.3, -0.25) is 0 Å². The minimum absolute atomic E-state index is 0.317. The van der Waals surface area contributed by atoms with Crippen molar-refractivity contribution in [2.75, 3.05) is 0 Å². The minimum Gasteiger partial charge on any atom is -0.301 e. The first kappa shape index (κ1) is 25.9. The van der Waals surface area contributed by atoms with Crippen LogP contribution >= 0.6 is 0 Å². The van der Waals surface area contributed by atoms with Crippen molar-refractivity contribution >= 4 is 11.9 Å². The summed E-state index contributed by atoms with van der Waals surface area (Å²) in [5.74, 6) is -1.06. The van der Waals surface area contributed by atoms with E-state index in [4.69, 9.17) is 10.5 Å². The second-order valence-electron chi connectivity index (χ2n) is 7.44. The lowest BCUT2D eigenvalue weighted by Gasteiger charge is -2.04. The van der Waals surface area contributed by atoms with E-state index in [1.165, 1.54) is 70.6 Å². The van der Waals surface area contributed by atoms with E-state index in [0.29, 0.717) is 12.8 Å². The van der Waals surface area contributed by atoms with E-state index < -0.39 is 11.9 Å². The molecule has 0 aliphatic heterocycles. The fraction of sp³-hybridized carbons (Fsp3) is 0.905. The highest BCUT2D eigenvalue weighted by molar-refractivity contribution is 5.68. The molecule has 0 fully saturated rings. The number of carbonyl (C=O) groups is 2. The zero-order valence-electron chi connectivity index (χ0n) is 17.0. The van der Waals surface area contributed by atoms with Crippen LogP contribution in [-0.4, -0.2) is 22.5 Å². The number of hydrogen-bond acceptors (Lipinski definition) is 6. The van der Waals surface area contributed by atoms with Crippen molar-refractivity contribution in [3.05, 3.63) is 0 Å². The maximum absolute atomic E-state index is 10.7. The summed E-state index contributed by atoms with van der Waals surface area (Å²) in [6.07, 6.45) is 20.9. The summed E-state index contributed by atoms with van der Waals surface area (Å²) in [6.45, 7) is 0. The van der Waals surface area contributed by atoms with Crippen molar-refractivity contribution < 1.29 is 29.9 Å². The molecule has 160 valence electrons. The highest BCUT2D eigenvalue weighted by Gasteiger charge is 2.01. The quantitative estimate of drug-likeness (QED) is 0.142. The van der Waals surface area contributed by atoms with Gasteiger partial charge in [0.2, 0.25) is 0 Å². The summed E-state index contributed by atoms with van der Waals surface area (Å²) in [4.78, 5) is 28.7. The van der Waals surface area contributed by atoms with Gasteiger partial charge >= 0.3 is 11.9 Å². The molecule has 0 aromatic rings. The minimum atomic E-state index is -0.530. The molecule has 0 rings (SSSR count). The molecule has 0 bridgehead atoms. The molecule has 0 aromatic carbocycles. The molecule has 0 saturated heterocycles. The van der Waals surface area contributed by atoms with Crippen molar-refractivity contribution in [2.45, 2.75) is 122 Å². The van der Waals surface area contributed by atoms with Crippen LogP contribution in [0.2, 0.25) is 0 Å². The van der Waals surface area contributed by atoms with Crippen LogP contribution in [0.3, 0.4) is 0 Å². The van der Waals surface area contributed by atoms with E-state index in [0.717, 1.165) is 38.5 Å². The van der Waals surface area contributed by atoms with Gasteiger partial charge in [-0.1, -0.05) is 96.3 Å². The average molecular weight is 389 g/mol. The first-order valence-electron chi connectivity index (χ1n) is 10.9. The van der Waals surface area contributed by atoms with Gasteiger partial charge < -0.3 is 9.78 Å². The fourth-order valence-corrected chi connectivity index (χ4v) is 3.28. The lowest BCUT2D eigenvalue weighted by Crippen LogP contribution is -1.99. The molecule has 0 atom stereocenters. The summed E-state index contributed by atoms with van der Waals surface area (Å²) < 4.78 is 0. The summed E-state index contributed by atoms with van der Waals surface area (Å²) in [6, 6.07) is 0. The zero-order valence-corrected chi connectivity index (χ0v) is 17.0. The molecule has 0 amide bonds. The summed E-state index contributed by atoms with van der Waals surface area (Å²) in [5.41, 5.74) is 0. The van der Waals surface area contributed by atoms with Gasteiger partial charge in [0.15, 0.2) is 0 Å². The van der Waals surface area contributed by atoms with E-state index in [9.17, 15) is 9.59 Å². The van der Waals surface area contributed by atoms with E-state index in [2.05, 4.69) is 9.78 Å². The Kier molecular flexibility index (Phi) is 20.3. The van der Waals surface area contributed by atoms with Crippen LogP contribution in [0, 0.1) is 0 Å². The van der Waals surface area contributed by atoms with Crippen molar-refractivity contribution in [3.8, 4) is 0 Å². The average Bonchev–Trinajstić information content (AvgIpc) is 2.69. The number of rotatable bonds is 20. The SMILES string of the molecule is O=C(CCCCCCCCCCCCCCCCCCCC(=O)OO)OO. The third-order valence-corrected chi connectivity index (χ3v) is 4.97. The van der Waals surface area contributed by atoms with Gasteiger partial charge in [-0.05, 0) is 12.8 Å². The molecule has 0 heterocycles. The largest absolute Gasteiger partial charge is 0.342 e. The highest BCUT2D eigenvalue weighted by atomic mass is 17.1. The van der Waals surface area contributed by atoms with Crippen LogP contribution in [0.5, 0.6) is 0 Å². The van der Waals surface area contributed by atoms with Gasteiger partial charge in [0.1, 0.15) is 0 Å². The van der Waals surface area contributed by atoms with Gasteiger partial charge in [-0.2, -0.15) is 10.5 Å². The molecule has 0 aromatic heterocycles. The Morgan fingerprint density at radius 1 is 0.407 bits per heavy atom. The van der Waals surface area contributed by atoms with Crippen molar-refractivity contribution in [1.82, 2.24) is 0 Å². The topological polar surface area (TPSA) is 93.1 Å². The maximum atomic E-state index is 10.7. The molecule has 6 heteroatoms. The third-order valence-electron chi connectivity index (χ3n) is 4.97. The Labute approximate surface area is 164 Å². The van der Waals surface area contributed by atoms with Crippen LogP contribution < -0.4 is 0 Å². The van der Waals surface area contributed by atoms with Crippen LogP contribution in [-0.2, 0) is 19.4 Å². The second-order valence-corrected chi connectivity index (χ2v) is 7.44. The lowest BCUT2D eigenvalue weighted by atomic mass is 10.0. The van der Waals surface area contributed by atoms with Crippen LogP contribution in [0.15, 0.2) is 0 Å². The third kappa shape index (κ3) is 21.0. The molecule has 27 heavy (non-hydrogen) atoms. The first-order chi connectivity index (χ1) is 13.2. The molecule has 0 aliphatic rings. The van der Waals surface area contributed by atoms with E-state index in [1.807, 2.05) is 0 Å². The molecule has 0 unspecified atom stereocenters. The highest BCUT2D eigenvalue weighted by Crippen LogP contribution is 2.14. The number of hydrogen-bond donors (Lipinski definition) is 2. The molecule has 0 aliphatic carbocycles. The van der Waals surface area contributed by atoms with E-state index >= 15 is 0 Å². The molecule has 0 spiro atoms. The molecular weight excluding hydrogens is 348 g/mol. The fourth-order valence-electron chi connectivity index (χ4n) is 3.28. The summed E-state index contributed by atoms with van der Waals surface area (Å²) in [5, 5.41) is 16.3. The smallest absolute Gasteiger partial charge is 0.301 e. The zero-order chi connectivity index (χ0) is 20.0. The van der Waals surface area contributed by atoms with Gasteiger partial charge in [-0.15, -0.1) is 0 Å². The second kappa shape index (κ2) is 21.2. The first-order valence-corrected chi connectivity index (χ1v) is 10.9. The normalized spacial score (nSPS) is 10.7. The monoisotopic (exact) mass is 388 g/mol. The Hall–Kier alpha value is -1.14. The number of carbonyl (C=O) groups excluding carboxylic acids is 2. The Morgan fingerprint density at radius 3 is 0.778 bits per heavy atom. The lowest BCUT2D eigenvalue weighted by molar-refractivity contribution is -0.234. The predicted octanol–water partition coefficient (Wildman–Crippen LogP) is 6.43. The van der Waals surface area contributed by atoms with Crippen LogP contribution in [0.1, 0.15) is 122 Å². The Morgan fingerprint density at radius 2 is 0.593 bits per heavy atom.